The van der Waals surface area contributed by atoms with Crippen molar-refractivity contribution in [3.63, 3.8) is 0 Å². The minimum absolute atomic E-state index is 0.0185. The molecule has 3 saturated heterocycles. The number of carbonyl (C=O) groups is 3. The van der Waals surface area contributed by atoms with Gasteiger partial charge in [0.15, 0.2) is 11.3 Å². The standard InChI is InChI=1S/C41H45F2N11O5/c1-50(16-4-2-3-6-25-7-5-8-31-35(25)48-41(58)54(31)32-13-14-34(55)47-40(32)57)20-24-9-11-26(12-10-24)53-22-30(36(49-53)37(42)43)45-39(56)29-19-44-52-17-15-33(46-38(29)52)51-21-28-18-27(51)23-59-28/h5,7-8,15,17,19,22,24,26-28,32,37H,2,4,9-14,16,18,20-21,23H2,1H3,(H,45,56)(H,48,58)(H,47,55,57)/t24?,26?,27-,28-,32?/m1/s1. The van der Waals surface area contributed by atoms with Gasteiger partial charge in [0.1, 0.15) is 17.4 Å². The predicted octanol–water partition coefficient (Wildman–Crippen LogP) is 4.21. The van der Waals surface area contributed by atoms with Crippen LogP contribution in [0, 0.1) is 17.8 Å². The number of morpholine rings is 1. The van der Waals surface area contributed by atoms with Crippen molar-refractivity contribution >= 4 is 45.9 Å². The van der Waals surface area contributed by atoms with Gasteiger partial charge in [-0.15, -0.1) is 0 Å². The highest BCUT2D eigenvalue weighted by molar-refractivity contribution is 6.08. The fraction of sp³-hybridized carbons (Fsp3) is 0.488. The molecule has 0 spiro atoms. The van der Waals surface area contributed by atoms with Crippen LogP contribution >= 0.6 is 0 Å². The van der Waals surface area contributed by atoms with Crippen LogP contribution in [-0.2, 0) is 14.3 Å². The average molecular weight is 810 g/mol. The van der Waals surface area contributed by atoms with E-state index in [4.69, 9.17) is 9.72 Å². The van der Waals surface area contributed by atoms with Crippen molar-refractivity contribution in [1.29, 1.82) is 0 Å². The lowest BCUT2D eigenvalue weighted by atomic mass is 9.86. The Morgan fingerprint density at radius 2 is 1.97 bits per heavy atom. The molecule has 5 aromatic rings. The molecule has 4 aliphatic rings. The molecule has 16 nitrogen and oxygen atoms in total. The number of amides is 3. The summed E-state index contributed by atoms with van der Waals surface area (Å²) in [6.45, 7) is 3.12. The number of nitrogens with zero attached hydrogens (tertiary/aromatic N) is 8. The van der Waals surface area contributed by atoms with Gasteiger partial charge in [0.25, 0.3) is 12.3 Å². The van der Waals surface area contributed by atoms with Crippen molar-refractivity contribution < 1.29 is 27.9 Å². The van der Waals surface area contributed by atoms with Crippen molar-refractivity contribution in [1.82, 2.24) is 44.1 Å². The molecule has 308 valence electrons. The van der Waals surface area contributed by atoms with Crippen LogP contribution in [0.3, 0.4) is 0 Å². The number of hydrogen-bond donors (Lipinski definition) is 3. The monoisotopic (exact) mass is 809 g/mol. The third kappa shape index (κ3) is 7.72. The number of alkyl halides is 2. The topological polar surface area (TPSA) is 177 Å². The van der Waals surface area contributed by atoms with Gasteiger partial charge in [0.2, 0.25) is 11.8 Å². The van der Waals surface area contributed by atoms with Crippen LogP contribution in [0.5, 0.6) is 0 Å². The number of imidazole rings is 1. The number of fused-ring (bicyclic) bond motifs is 4. The smallest absolute Gasteiger partial charge is 0.327 e. The predicted molar refractivity (Wildman–Crippen MR) is 212 cm³/mol. The van der Waals surface area contributed by atoms with Gasteiger partial charge in [-0.05, 0) is 82.7 Å². The number of halogens is 2. The SMILES string of the molecule is CN(CCCC#Cc1cccc2c1[nH]c(=O)n2C1CCC(=O)NC1=O)CC1CCC(n2cc(NC(=O)c3cnn4ccc(N5C[C@H]6C[C@@H]5CO6)nc34)c(C(F)F)n2)CC1. The average Bonchev–Trinajstić information content (AvgIpc) is 4.07. The first kappa shape index (κ1) is 38.6. The molecule has 59 heavy (non-hydrogen) atoms. The Labute approximate surface area is 337 Å². The molecule has 18 heteroatoms. The van der Waals surface area contributed by atoms with Crippen LogP contribution < -0.4 is 21.2 Å². The third-order valence-corrected chi connectivity index (χ3v) is 12.1. The summed E-state index contributed by atoms with van der Waals surface area (Å²) in [4.78, 5) is 62.5. The van der Waals surface area contributed by atoms with Gasteiger partial charge in [-0.2, -0.15) is 10.2 Å². The zero-order valence-corrected chi connectivity index (χ0v) is 32.6. The number of hydrogen-bond acceptors (Lipinski definition) is 10. The Bertz CT molecular complexity index is 2540. The van der Waals surface area contributed by atoms with Gasteiger partial charge in [-0.25, -0.2) is 23.1 Å². The first-order chi connectivity index (χ1) is 28.6. The summed E-state index contributed by atoms with van der Waals surface area (Å²) in [5, 5.41) is 13.5. The molecule has 3 atom stereocenters. The molecular formula is C41H45F2N11O5. The maximum atomic E-state index is 14.2. The van der Waals surface area contributed by atoms with Gasteiger partial charge >= 0.3 is 5.69 Å². The number of aromatic nitrogens is 7. The van der Waals surface area contributed by atoms with Crippen LogP contribution in [0.2, 0.25) is 0 Å². The third-order valence-electron chi connectivity index (χ3n) is 12.1. The summed E-state index contributed by atoms with van der Waals surface area (Å²) < 4.78 is 38.7. The van der Waals surface area contributed by atoms with Crippen molar-refractivity contribution in [2.75, 3.05) is 43.5 Å². The molecule has 0 radical (unpaired) electrons. The zero-order chi connectivity index (χ0) is 40.8. The van der Waals surface area contributed by atoms with E-state index in [0.29, 0.717) is 41.2 Å². The Morgan fingerprint density at radius 3 is 2.73 bits per heavy atom. The Morgan fingerprint density at radius 1 is 1.12 bits per heavy atom. The lowest BCUT2D eigenvalue weighted by Crippen LogP contribution is -2.43. The Balaban J connectivity index is 0.765. The molecule has 1 unspecified atom stereocenters. The molecule has 2 bridgehead atoms. The van der Waals surface area contributed by atoms with E-state index in [1.54, 1.807) is 23.0 Å². The molecule has 3 N–H and O–H groups in total. The number of ether oxygens (including phenoxy) is 1. The quantitative estimate of drug-likeness (QED) is 0.0996. The van der Waals surface area contributed by atoms with Crippen LogP contribution in [-0.4, -0.2) is 102 Å². The zero-order valence-electron chi connectivity index (χ0n) is 32.6. The van der Waals surface area contributed by atoms with E-state index in [0.717, 1.165) is 64.0 Å². The molecule has 1 aromatic carbocycles. The number of benzene rings is 1. The number of nitrogens with one attached hydrogen (secondary N) is 3. The van der Waals surface area contributed by atoms with Gasteiger partial charge < -0.3 is 24.8 Å². The van der Waals surface area contributed by atoms with Crippen molar-refractivity contribution in [3.05, 3.63) is 70.2 Å². The van der Waals surface area contributed by atoms with E-state index >= 15 is 0 Å². The normalized spacial score (nSPS) is 23.1. The summed E-state index contributed by atoms with van der Waals surface area (Å²) in [6, 6.07) is 6.69. The van der Waals surface area contributed by atoms with Gasteiger partial charge in [-0.3, -0.25) is 28.9 Å². The fourth-order valence-electron chi connectivity index (χ4n) is 9.11. The largest absolute Gasteiger partial charge is 0.374 e. The molecule has 3 amide bonds. The van der Waals surface area contributed by atoms with E-state index in [-0.39, 0.29) is 48.2 Å². The number of unbranched alkanes of at least 4 members (excludes halogenated alkanes) is 1. The molecule has 7 heterocycles. The maximum Gasteiger partial charge on any atom is 0.327 e. The van der Waals surface area contributed by atoms with Crippen LogP contribution in [0.1, 0.15) is 97.9 Å². The van der Waals surface area contributed by atoms with E-state index in [9.17, 15) is 28.0 Å². The first-order valence-corrected chi connectivity index (χ1v) is 20.2. The van der Waals surface area contributed by atoms with E-state index in [2.05, 4.69) is 54.5 Å². The van der Waals surface area contributed by atoms with Crippen molar-refractivity contribution in [3.8, 4) is 11.8 Å². The minimum Gasteiger partial charge on any atom is -0.374 e. The summed E-state index contributed by atoms with van der Waals surface area (Å²) in [5.41, 5.74) is 1.45. The molecule has 4 aromatic heterocycles. The van der Waals surface area contributed by atoms with Crippen molar-refractivity contribution in [2.45, 2.75) is 88.4 Å². The second kappa shape index (κ2) is 16.0. The number of H-pyrrole nitrogens is 1. The molecule has 9 rings (SSSR count). The summed E-state index contributed by atoms with van der Waals surface area (Å²) in [5.74, 6) is 6.18. The second-order valence-corrected chi connectivity index (χ2v) is 16.1. The molecule has 1 aliphatic carbocycles. The van der Waals surface area contributed by atoms with Gasteiger partial charge in [0.05, 0.1) is 53.3 Å². The number of anilines is 2. The molecular weight excluding hydrogens is 765 g/mol. The summed E-state index contributed by atoms with van der Waals surface area (Å²) in [6.07, 6.45) is 8.26. The number of piperidine rings is 1. The summed E-state index contributed by atoms with van der Waals surface area (Å²) >= 11 is 0. The maximum absolute atomic E-state index is 14.2. The summed E-state index contributed by atoms with van der Waals surface area (Å²) in [7, 11) is 2.09. The molecule has 3 aliphatic heterocycles. The highest BCUT2D eigenvalue weighted by Crippen LogP contribution is 2.36. The lowest BCUT2D eigenvalue weighted by Gasteiger charge is -2.31. The van der Waals surface area contributed by atoms with E-state index < -0.39 is 35.7 Å². The van der Waals surface area contributed by atoms with Gasteiger partial charge in [-0.1, -0.05) is 17.9 Å². The van der Waals surface area contributed by atoms with Crippen LogP contribution in [0.4, 0.5) is 20.3 Å². The fourth-order valence-corrected chi connectivity index (χ4v) is 9.11. The van der Waals surface area contributed by atoms with E-state index in [1.165, 1.54) is 21.5 Å². The first-order valence-electron chi connectivity index (χ1n) is 20.2. The highest BCUT2D eigenvalue weighted by Gasteiger charge is 2.40. The van der Waals surface area contributed by atoms with Crippen molar-refractivity contribution in [2.24, 2.45) is 5.92 Å². The Kier molecular flexibility index (Phi) is 10.5. The van der Waals surface area contributed by atoms with Crippen LogP contribution in [0.15, 0.2) is 47.7 Å². The number of rotatable bonds is 11. The number of imide groups is 1. The van der Waals surface area contributed by atoms with E-state index in [1.807, 2.05) is 12.1 Å². The Hall–Kier alpha value is -5.93. The van der Waals surface area contributed by atoms with Crippen LogP contribution in [0.25, 0.3) is 16.7 Å². The second-order valence-electron chi connectivity index (χ2n) is 16.1. The number of aromatic amines is 1. The van der Waals surface area contributed by atoms with Gasteiger partial charge in [0, 0.05) is 38.3 Å². The highest BCUT2D eigenvalue weighted by atomic mass is 19.3. The number of para-hydroxylation sites is 1. The number of carbonyl (C=O) groups excluding carboxylic acids is 3. The minimum atomic E-state index is -2.87. The molecule has 4 fully saturated rings. The lowest BCUT2D eigenvalue weighted by molar-refractivity contribution is -0.135. The molecule has 1 saturated carbocycles.